The van der Waals surface area contributed by atoms with Crippen molar-refractivity contribution in [1.29, 1.82) is 0 Å². The molecule has 0 atom stereocenters. The van der Waals surface area contributed by atoms with Crippen molar-refractivity contribution in [3.8, 4) is 5.75 Å². The number of carbonyl (C=O) groups is 1. The maximum Gasteiger partial charge on any atom is 0.387 e. The maximum absolute atomic E-state index is 12.3. The summed E-state index contributed by atoms with van der Waals surface area (Å²) in [4.78, 5) is 20.2. The third kappa shape index (κ3) is 7.32. The second-order valence-electron chi connectivity index (χ2n) is 7.47. The summed E-state index contributed by atoms with van der Waals surface area (Å²) in [5.41, 5.74) is 3.18. The van der Waals surface area contributed by atoms with Gasteiger partial charge in [0.15, 0.2) is 5.96 Å². The second-order valence-corrected chi connectivity index (χ2v) is 7.47. The number of hydrogen-bond acceptors (Lipinski definition) is 3. The van der Waals surface area contributed by atoms with E-state index in [-0.39, 0.29) is 35.6 Å². The van der Waals surface area contributed by atoms with Crippen LogP contribution in [0, 0.1) is 0 Å². The molecule has 0 radical (unpaired) electrons. The van der Waals surface area contributed by atoms with Crippen LogP contribution in [0.2, 0.25) is 0 Å². The maximum atomic E-state index is 12.3. The number of likely N-dealkylation sites (tertiary alicyclic amines) is 1. The highest BCUT2D eigenvalue weighted by atomic mass is 127. The number of halogens is 3. The Kier molecular flexibility index (Phi) is 10.1. The van der Waals surface area contributed by atoms with E-state index >= 15 is 0 Å². The fourth-order valence-corrected chi connectivity index (χ4v) is 3.65. The average molecular weight is 558 g/mol. The molecular formula is C23H29F2IN4O2. The van der Waals surface area contributed by atoms with Gasteiger partial charge in [-0.05, 0) is 35.2 Å². The molecule has 0 saturated carbocycles. The molecule has 1 fully saturated rings. The summed E-state index contributed by atoms with van der Waals surface area (Å²) in [5, 5.41) is 3.37. The van der Waals surface area contributed by atoms with E-state index in [1.165, 1.54) is 12.1 Å². The van der Waals surface area contributed by atoms with Crippen LogP contribution in [0.4, 0.5) is 8.78 Å². The Labute approximate surface area is 204 Å². The van der Waals surface area contributed by atoms with Crippen LogP contribution in [0.5, 0.6) is 5.75 Å². The minimum atomic E-state index is -2.83. The fourth-order valence-electron chi connectivity index (χ4n) is 3.65. The Bertz CT molecular complexity index is 909. The molecule has 2 aromatic carbocycles. The second kappa shape index (κ2) is 12.6. The zero-order valence-electron chi connectivity index (χ0n) is 18.3. The van der Waals surface area contributed by atoms with Crippen LogP contribution < -0.4 is 10.1 Å². The predicted molar refractivity (Wildman–Crippen MR) is 131 cm³/mol. The monoisotopic (exact) mass is 558 g/mol. The first-order valence-electron chi connectivity index (χ1n) is 10.3. The molecule has 0 aromatic heterocycles. The van der Waals surface area contributed by atoms with Crippen molar-refractivity contribution < 1.29 is 18.3 Å². The smallest absolute Gasteiger partial charge is 0.387 e. The van der Waals surface area contributed by atoms with Crippen molar-refractivity contribution >= 4 is 35.8 Å². The van der Waals surface area contributed by atoms with Crippen LogP contribution in [0.1, 0.15) is 29.5 Å². The lowest BCUT2D eigenvalue weighted by Crippen LogP contribution is -2.38. The lowest BCUT2D eigenvalue weighted by Gasteiger charge is -2.23. The molecule has 1 aliphatic heterocycles. The third-order valence-corrected chi connectivity index (χ3v) is 5.23. The number of carbonyl (C=O) groups excluding carboxylic acids is 1. The number of nitrogens with zero attached hydrogens (tertiary/aromatic N) is 3. The van der Waals surface area contributed by atoms with Gasteiger partial charge in [0, 0.05) is 46.7 Å². The number of ether oxygens (including phenoxy) is 1. The summed E-state index contributed by atoms with van der Waals surface area (Å²) in [6.45, 7) is -0.262. The average Bonchev–Trinajstić information content (AvgIpc) is 3.15. The van der Waals surface area contributed by atoms with E-state index in [9.17, 15) is 13.6 Å². The standard InChI is InChI=1S/C23H28F2N4O2.HI/c1-26-23(28(2)15-17-9-11-20(12-10-17)31-22(24)25)27-14-18-6-3-4-7-19(18)16-29-13-5-8-21(29)30;/h3-4,6-7,9-12,22H,5,8,13-16H2,1-2H3,(H,26,27);1H. The van der Waals surface area contributed by atoms with E-state index < -0.39 is 6.61 Å². The van der Waals surface area contributed by atoms with Crippen molar-refractivity contribution in [3.63, 3.8) is 0 Å². The van der Waals surface area contributed by atoms with Crippen LogP contribution in [-0.2, 0) is 24.4 Å². The molecule has 9 heteroatoms. The number of guanidine groups is 1. The van der Waals surface area contributed by atoms with E-state index in [2.05, 4.69) is 27.2 Å². The first-order chi connectivity index (χ1) is 15.0. The van der Waals surface area contributed by atoms with Crippen LogP contribution in [0.3, 0.4) is 0 Å². The Morgan fingerprint density at radius 3 is 2.47 bits per heavy atom. The molecule has 1 saturated heterocycles. The van der Waals surface area contributed by atoms with Crippen molar-refractivity contribution in [2.45, 2.75) is 39.1 Å². The molecule has 6 nitrogen and oxygen atoms in total. The highest BCUT2D eigenvalue weighted by Crippen LogP contribution is 2.18. The molecule has 0 aliphatic carbocycles. The van der Waals surface area contributed by atoms with E-state index in [0.717, 1.165) is 29.7 Å². The molecule has 1 amide bonds. The van der Waals surface area contributed by atoms with Gasteiger partial charge in [0.2, 0.25) is 5.91 Å². The zero-order valence-corrected chi connectivity index (χ0v) is 20.6. The number of rotatable bonds is 8. The number of amides is 1. The van der Waals surface area contributed by atoms with E-state index in [4.69, 9.17) is 0 Å². The molecule has 1 N–H and O–H groups in total. The van der Waals surface area contributed by atoms with Gasteiger partial charge in [-0.15, -0.1) is 24.0 Å². The Morgan fingerprint density at radius 1 is 1.19 bits per heavy atom. The number of hydrogen-bond donors (Lipinski definition) is 1. The van der Waals surface area contributed by atoms with Crippen LogP contribution >= 0.6 is 24.0 Å². The van der Waals surface area contributed by atoms with Gasteiger partial charge in [-0.1, -0.05) is 36.4 Å². The fraction of sp³-hybridized carbons (Fsp3) is 0.391. The van der Waals surface area contributed by atoms with Gasteiger partial charge in [-0.2, -0.15) is 8.78 Å². The quantitative estimate of drug-likeness (QED) is 0.300. The highest BCUT2D eigenvalue weighted by Gasteiger charge is 2.21. The van der Waals surface area contributed by atoms with Gasteiger partial charge >= 0.3 is 6.61 Å². The number of alkyl halides is 2. The third-order valence-electron chi connectivity index (χ3n) is 5.23. The first kappa shape index (κ1) is 25.8. The van der Waals surface area contributed by atoms with E-state index in [0.29, 0.717) is 32.0 Å². The van der Waals surface area contributed by atoms with E-state index in [1.807, 2.05) is 29.0 Å². The topological polar surface area (TPSA) is 57.2 Å². The summed E-state index contributed by atoms with van der Waals surface area (Å²) in [6, 6.07) is 14.6. The molecule has 32 heavy (non-hydrogen) atoms. The van der Waals surface area contributed by atoms with Gasteiger partial charge in [-0.3, -0.25) is 9.79 Å². The Balaban J connectivity index is 0.00000363. The van der Waals surface area contributed by atoms with Crippen LogP contribution in [0.25, 0.3) is 0 Å². The van der Waals surface area contributed by atoms with Gasteiger partial charge in [0.1, 0.15) is 5.75 Å². The normalized spacial score (nSPS) is 13.8. The van der Waals surface area contributed by atoms with Gasteiger partial charge in [0.25, 0.3) is 0 Å². The predicted octanol–water partition coefficient (Wildman–Crippen LogP) is 4.24. The van der Waals surface area contributed by atoms with Crippen LogP contribution in [-0.4, -0.2) is 48.9 Å². The molecule has 174 valence electrons. The SMILES string of the molecule is CN=C(NCc1ccccc1CN1CCCC1=O)N(C)Cc1ccc(OC(F)F)cc1.I. The zero-order chi connectivity index (χ0) is 22.2. The molecular weight excluding hydrogens is 529 g/mol. The number of aliphatic imine (C=N–C) groups is 1. The first-order valence-corrected chi connectivity index (χ1v) is 10.3. The molecule has 0 unspecified atom stereocenters. The molecule has 1 aliphatic rings. The molecule has 0 spiro atoms. The molecule has 0 bridgehead atoms. The molecule has 2 aromatic rings. The van der Waals surface area contributed by atoms with E-state index in [1.54, 1.807) is 19.2 Å². The van der Waals surface area contributed by atoms with Crippen molar-refractivity contribution in [3.05, 3.63) is 65.2 Å². The molecule has 1 heterocycles. The minimum Gasteiger partial charge on any atom is -0.435 e. The van der Waals surface area contributed by atoms with Crippen molar-refractivity contribution in [1.82, 2.24) is 15.1 Å². The van der Waals surface area contributed by atoms with Crippen LogP contribution in [0.15, 0.2) is 53.5 Å². The minimum absolute atomic E-state index is 0. The lowest BCUT2D eigenvalue weighted by atomic mass is 10.1. The summed E-state index contributed by atoms with van der Waals surface area (Å²) in [7, 11) is 3.63. The summed E-state index contributed by atoms with van der Waals surface area (Å²) in [5.74, 6) is 1.06. The summed E-state index contributed by atoms with van der Waals surface area (Å²) in [6.07, 6.45) is 1.55. The summed E-state index contributed by atoms with van der Waals surface area (Å²) < 4.78 is 29.0. The molecule has 3 rings (SSSR count). The number of nitrogens with one attached hydrogen (secondary N) is 1. The van der Waals surface area contributed by atoms with Crippen molar-refractivity contribution in [2.24, 2.45) is 4.99 Å². The van der Waals surface area contributed by atoms with Gasteiger partial charge in [0.05, 0.1) is 0 Å². The number of benzene rings is 2. The Hall–Kier alpha value is -2.43. The Morgan fingerprint density at radius 2 is 1.88 bits per heavy atom. The largest absolute Gasteiger partial charge is 0.435 e. The lowest BCUT2D eigenvalue weighted by molar-refractivity contribution is -0.128. The summed E-state index contributed by atoms with van der Waals surface area (Å²) >= 11 is 0. The van der Waals surface area contributed by atoms with Gasteiger partial charge < -0.3 is 19.9 Å². The van der Waals surface area contributed by atoms with Crippen molar-refractivity contribution in [2.75, 3.05) is 20.6 Å². The van der Waals surface area contributed by atoms with Gasteiger partial charge in [-0.25, -0.2) is 0 Å². The highest BCUT2D eigenvalue weighted by molar-refractivity contribution is 14.0.